The van der Waals surface area contributed by atoms with E-state index in [4.69, 9.17) is 5.73 Å². The van der Waals surface area contributed by atoms with Crippen molar-refractivity contribution in [3.05, 3.63) is 40.5 Å². The van der Waals surface area contributed by atoms with Gasteiger partial charge in [-0.3, -0.25) is 9.89 Å². The molecule has 2 heterocycles. The van der Waals surface area contributed by atoms with Gasteiger partial charge in [0.1, 0.15) is 11.4 Å². The lowest BCUT2D eigenvalue weighted by Crippen LogP contribution is -2.34. The number of aromatic amines is 1. The van der Waals surface area contributed by atoms with Crippen LogP contribution in [0, 0.1) is 5.41 Å². The molecule has 1 aliphatic heterocycles. The topological polar surface area (TPSA) is 75.0 Å². The molecule has 1 aromatic carbocycles. The summed E-state index contributed by atoms with van der Waals surface area (Å²) >= 11 is 3.52. The third-order valence-corrected chi connectivity index (χ3v) is 5.08. The van der Waals surface area contributed by atoms with Gasteiger partial charge in [-0.15, -0.1) is 0 Å². The van der Waals surface area contributed by atoms with E-state index in [9.17, 15) is 4.79 Å². The SMILES string of the molecule is CC1(CN)CCN(C(=O)c2[nH]nc(-c3ccccc3)c2Br)C1. The molecule has 5 nitrogen and oxygen atoms in total. The van der Waals surface area contributed by atoms with Gasteiger partial charge >= 0.3 is 0 Å². The number of nitrogens with one attached hydrogen (secondary N) is 1. The highest BCUT2D eigenvalue weighted by Gasteiger charge is 2.36. The predicted octanol–water partition coefficient (Wildman–Crippen LogP) is 2.65. The van der Waals surface area contributed by atoms with E-state index in [1.165, 1.54) is 0 Å². The minimum absolute atomic E-state index is 0.0183. The van der Waals surface area contributed by atoms with Gasteiger partial charge in [-0.05, 0) is 34.3 Å². The second-order valence-corrected chi connectivity index (χ2v) is 6.91. The maximum atomic E-state index is 12.7. The van der Waals surface area contributed by atoms with Crippen molar-refractivity contribution in [1.82, 2.24) is 15.1 Å². The summed E-state index contributed by atoms with van der Waals surface area (Å²) in [6.07, 6.45) is 0.937. The van der Waals surface area contributed by atoms with Crippen molar-refractivity contribution in [3.63, 3.8) is 0 Å². The number of H-pyrrole nitrogens is 1. The van der Waals surface area contributed by atoms with Crippen LogP contribution in [0.3, 0.4) is 0 Å². The number of hydrogen-bond donors (Lipinski definition) is 2. The molecule has 3 N–H and O–H groups in total. The average molecular weight is 363 g/mol. The molecule has 1 aliphatic rings. The van der Waals surface area contributed by atoms with Gasteiger partial charge in [0.15, 0.2) is 0 Å². The number of amides is 1. The molecule has 6 heteroatoms. The summed E-state index contributed by atoms with van der Waals surface area (Å²) in [4.78, 5) is 14.5. The van der Waals surface area contributed by atoms with E-state index < -0.39 is 0 Å². The van der Waals surface area contributed by atoms with Crippen LogP contribution in [0.5, 0.6) is 0 Å². The molecule has 1 fully saturated rings. The summed E-state index contributed by atoms with van der Waals surface area (Å²) in [6.45, 7) is 4.14. The van der Waals surface area contributed by atoms with Gasteiger partial charge in [0.25, 0.3) is 5.91 Å². The molecule has 22 heavy (non-hydrogen) atoms. The molecule has 0 bridgehead atoms. The van der Waals surface area contributed by atoms with Gasteiger partial charge in [0.05, 0.1) is 4.47 Å². The normalized spacial score (nSPS) is 21.3. The molecule has 3 rings (SSSR count). The van der Waals surface area contributed by atoms with Crippen molar-refractivity contribution >= 4 is 21.8 Å². The Balaban J connectivity index is 1.85. The molecule has 0 aliphatic carbocycles. The highest BCUT2D eigenvalue weighted by molar-refractivity contribution is 9.10. The first-order valence-electron chi connectivity index (χ1n) is 7.33. The Morgan fingerprint density at radius 2 is 2.18 bits per heavy atom. The Labute approximate surface area is 138 Å². The fourth-order valence-electron chi connectivity index (χ4n) is 2.78. The van der Waals surface area contributed by atoms with Gasteiger partial charge < -0.3 is 10.6 Å². The zero-order chi connectivity index (χ0) is 15.7. The summed E-state index contributed by atoms with van der Waals surface area (Å²) in [7, 11) is 0. The van der Waals surface area contributed by atoms with E-state index in [-0.39, 0.29) is 11.3 Å². The largest absolute Gasteiger partial charge is 0.337 e. The molecule has 0 spiro atoms. The summed E-state index contributed by atoms with van der Waals surface area (Å²) in [5, 5.41) is 7.17. The van der Waals surface area contributed by atoms with Crippen LogP contribution in [0.4, 0.5) is 0 Å². The van der Waals surface area contributed by atoms with E-state index in [0.717, 1.165) is 24.2 Å². The van der Waals surface area contributed by atoms with Crippen LogP contribution in [-0.2, 0) is 0 Å². The van der Waals surface area contributed by atoms with Gasteiger partial charge in [0, 0.05) is 18.7 Å². The minimum atomic E-state index is -0.0290. The number of halogens is 1. The first-order chi connectivity index (χ1) is 10.5. The molecule has 1 aromatic heterocycles. The second-order valence-electron chi connectivity index (χ2n) is 6.12. The van der Waals surface area contributed by atoms with Crippen LogP contribution in [0.2, 0.25) is 0 Å². The maximum Gasteiger partial charge on any atom is 0.273 e. The minimum Gasteiger partial charge on any atom is -0.337 e. The third kappa shape index (κ3) is 2.68. The van der Waals surface area contributed by atoms with Crippen LogP contribution in [0.25, 0.3) is 11.3 Å². The molecule has 1 saturated heterocycles. The van der Waals surface area contributed by atoms with Crippen molar-refractivity contribution in [1.29, 1.82) is 0 Å². The van der Waals surface area contributed by atoms with Crippen molar-refractivity contribution in [2.45, 2.75) is 13.3 Å². The number of hydrogen-bond acceptors (Lipinski definition) is 3. The lowest BCUT2D eigenvalue weighted by atomic mass is 9.90. The first-order valence-corrected chi connectivity index (χ1v) is 8.12. The first kappa shape index (κ1) is 15.2. The number of nitrogens with zero attached hydrogens (tertiary/aromatic N) is 2. The summed E-state index contributed by atoms with van der Waals surface area (Å²) < 4.78 is 0.713. The number of carbonyl (C=O) groups is 1. The summed E-state index contributed by atoms with van der Waals surface area (Å²) in [5.74, 6) is -0.0290. The highest BCUT2D eigenvalue weighted by Crippen LogP contribution is 2.33. The Morgan fingerprint density at radius 1 is 1.45 bits per heavy atom. The standard InChI is InChI=1S/C16H19BrN4O/c1-16(9-18)7-8-21(10-16)15(22)14-12(17)13(19-20-14)11-5-3-2-4-6-11/h2-6H,7-10,18H2,1H3,(H,19,20). The Morgan fingerprint density at radius 3 is 2.82 bits per heavy atom. The molecule has 116 valence electrons. The number of nitrogens with two attached hydrogens (primary N) is 1. The number of carbonyl (C=O) groups excluding carboxylic acids is 1. The van der Waals surface area contributed by atoms with Crippen molar-refractivity contribution in [3.8, 4) is 11.3 Å². The number of rotatable bonds is 3. The molecule has 0 radical (unpaired) electrons. The molecular weight excluding hydrogens is 344 g/mol. The zero-order valence-electron chi connectivity index (χ0n) is 12.5. The fraction of sp³-hybridized carbons (Fsp3) is 0.375. The lowest BCUT2D eigenvalue weighted by molar-refractivity contribution is 0.0770. The molecule has 1 unspecified atom stereocenters. The van der Waals surface area contributed by atoms with Crippen LogP contribution in [-0.4, -0.2) is 40.6 Å². The molecular formula is C16H19BrN4O. The Kier molecular flexibility index (Phi) is 4.06. The van der Waals surface area contributed by atoms with Crippen molar-refractivity contribution in [2.75, 3.05) is 19.6 Å². The summed E-state index contributed by atoms with van der Waals surface area (Å²) in [6, 6.07) is 9.79. The Hall–Kier alpha value is -1.66. The monoisotopic (exact) mass is 362 g/mol. The van der Waals surface area contributed by atoms with Crippen molar-refractivity contribution in [2.24, 2.45) is 11.1 Å². The van der Waals surface area contributed by atoms with Gasteiger partial charge in [-0.1, -0.05) is 37.3 Å². The molecule has 1 amide bonds. The number of benzene rings is 1. The lowest BCUT2D eigenvalue weighted by Gasteiger charge is -2.22. The van der Waals surface area contributed by atoms with E-state index >= 15 is 0 Å². The zero-order valence-corrected chi connectivity index (χ0v) is 14.1. The smallest absolute Gasteiger partial charge is 0.273 e. The number of aromatic nitrogens is 2. The van der Waals surface area contributed by atoms with Crippen LogP contribution < -0.4 is 5.73 Å². The fourth-order valence-corrected chi connectivity index (χ4v) is 3.36. The van der Waals surface area contributed by atoms with Crippen LogP contribution in [0.15, 0.2) is 34.8 Å². The van der Waals surface area contributed by atoms with Crippen LogP contribution >= 0.6 is 15.9 Å². The Bertz CT molecular complexity index is 685. The van der Waals surface area contributed by atoms with E-state index in [0.29, 0.717) is 23.3 Å². The third-order valence-electron chi connectivity index (χ3n) is 4.31. The highest BCUT2D eigenvalue weighted by atomic mass is 79.9. The van der Waals surface area contributed by atoms with Crippen LogP contribution in [0.1, 0.15) is 23.8 Å². The van der Waals surface area contributed by atoms with Gasteiger partial charge in [-0.2, -0.15) is 5.10 Å². The van der Waals surface area contributed by atoms with E-state index in [2.05, 4.69) is 33.1 Å². The quantitative estimate of drug-likeness (QED) is 0.881. The summed E-state index contributed by atoms with van der Waals surface area (Å²) in [5.41, 5.74) is 8.05. The van der Waals surface area contributed by atoms with Crippen molar-refractivity contribution < 1.29 is 4.79 Å². The average Bonchev–Trinajstić information content (AvgIpc) is 3.12. The van der Waals surface area contributed by atoms with Gasteiger partial charge in [-0.25, -0.2) is 0 Å². The molecule has 2 aromatic rings. The maximum absolute atomic E-state index is 12.7. The molecule has 1 atom stereocenters. The van der Waals surface area contributed by atoms with E-state index in [1.807, 2.05) is 35.2 Å². The van der Waals surface area contributed by atoms with Gasteiger partial charge in [0.2, 0.25) is 0 Å². The predicted molar refractivity (Wildman–Crippen MR) is 89.4 cm³/mol. The van der Waals surface area contributed by atoms with E-state index in [1.54, 1.807) is 0 Å². The molecule has 0 saturated carbocycles. The number of likely N-dealkylation sites (tertiary alicyclic amines) is 1. The second kappa shape index (κ2) is 5.85.